The second kappa shape index (κ2) is 8.88. The Hall–Kier alpha value is -2.04. The van der Waals surface area contributed by atoms with Crippen molar-refractivity contribution >= 4 is 17.5 Å². The molecule has 1 amide bonds. The molecular formula is C20H24ClNO3. The first-order valence-corrected chi connectivity index (χ1v) is 8.81. The van der Waals surface area contributed by atoms with Gasteiger partial charge in [0, 0.05) is 18.0 Å². The summed E-state index contributed by atoms with van der Waals surface area (Å²) in [6.07, 6.45) is 1.77. The van der Waals surface area contributed by atoms with E-state index in [0.717, 1.165) is 12.0 Å². The number of aliphatic hydroxyl groups is 1. The van der Waals surface area contributed by atoms with E-state index in [4.69, 9.17) is 16.3 Å². The highest BCUT2D eigenvalue weighted by atomic mass is 35.5. The van der Waals surface area contributed by atoms with Crippen LogP contribution in [0.25, 0.3) is 0 Å². The first kappa shape index (κ1) is 19.3. The quantitative estimate of drug-likeness (QED) is 0.719. The standard InChI is InChI=1S/C20H24ClNO3/c1-3-4-19(23)22-14-13-20(2,24)15-5-9-17(10-6-15)25-18-11-7-16(21)8-12-18/h5-12,24H,3-4,13-14H2,1-2H3,(H,22,23). The molecule has 1 atom stereocenters. The second-order valence-electron chi connectivity index (χ2n) is 6.20. The van der Waals surface area contributed by atoms with Gasteiger partial charge in [0.05, 0.1) is 5.60 Å². The minimum atomic E-state index is -1.02. The van der Waals surface area contributed by atoms with Crippen molar-refractivity contribution in [3.63, 3.8) is 0 Å². The maximum atomic E-state index is 11.5. The smallest absolute Gasteiger partial charge is 0.219 e. The molecule has 2 rings (SSSR count). The fourth-order valence-corrected chi connectivity index (χ4v) is 2.55. The number of amides is 1. The molecule has 4 nitrogen and oxygen atoms in total. The predicted octanol–water partition coefficient (Wildman–Crippen LogP) is 4.65. The molecule has 2 N–H and O–H groups in total. The molecule has 0 aliphatic heterocycles. The summed E-state index contributed by atoms with van der Waals surface area (Å²) < 4.78 is 5.74. The average molecular weight is 362 g/mol. The van der Waals surface area contributed by atoms with Gasteiger partial charge in [0.2, 0.25) is 5.91 Å². The second-order valence-corrected chi connectivity index (χ2v) is 6.64. The summed E-state index contributed by atoms with van der Waals surface area (Å²) in [7, 11) is 0. The number of nitrogens with one attached hydrogen (secondary N) is 1. The monoisotopic (exact) mass is 361 g/mol. The van der Waals surface area contributed by atoms with Crippen molar-refractivity contribution in [3.8, 4) is 11.5 Å². The molecule has 2 aromatic carbocycles. The summed E-state index contributed by atoms with van der Waals surface area (Å²) in [5.41, 5.74) is -0.237. The molecule has 134 valence electrons. The number of hydrogen-bond donors (Lipinski definition) is 2. The van der Waals surface area contributed by atoms with E-state index < -0.39 is 5.60 Å². The molecule has 0 aromatic heterocycles. The molecule has 0 fully saturated rings. The van der Waals surface area contributed by atoms with Crippen molar-refractivity contribution in [2.75, 3.05) is 6.54 Å². The highest BCUT2D eigenvalue weighted by Gasteiger charge is 2.22. The molecule has 0 aliphatic carbocycles. The fourth-order valence-electron chi connectivity index (χ4n) is 2.43. The van der Waals surface area contributed by atoms with Gasteiger partial charge in [-0.25, -0.2) is 0 Å². The van der Waals surface area contributed by atoms with Crippen LogP contribution in [-0.2, 0) is 10.4 Å². The Morgan fingerprint density at radius 3 is 2.24 bits per heavy atom. The van der Waals surface area contributed by atoms with Gasteiger partial charge in [-0.3, -0.25) is 4.79 Å². The van der Waals surface area contributed by atoms with Crippen LogP contribution in [0.3, 0.4) is 0 Å². The van der Waals surface area contributed by atoms with Crippen molar-refractivity contribution in [2.45, 2.75) is 38.7 Å². The number of ether oxygens (including phenoxy) is 1. The Balaban J connectivity index is 1.93. The molecule has 1 unspecified atom stereocenters. The molecule has 0 heterocycles. The van der Waals surface area contributed by atoms with Gasteiger partial charge >= 0.3 is 0 Å². The molecule has 5 heteroatoms. The first-order valence-electron chi connectivity index (χ1n) is 8.44. The van der Waals surface area contributed by atoms with Gasteiger partial charge in [-0.15, -0.1) is 0 Å². The van der Waals surface area contributed by atoms with Crippen molar-refractivity contribution in [2.24, 2.45) is 0 Å². The fraction of sp³-hybridized carbons (Fsp3) is 0.350. The zero-order valence-electron chi connectivity index (χ0n) is 14.6. The van der Waals surface area contributed by atoms with Crippen LogP contribution >= 0.6 is 11.6 Å². The molecular weight excluding hydrogens is 338 g/mol. The first-order chi connectivity index (χ1) is 11.9. The van der Waals surface area contributed by atoms with Gasteiger partial charge in [0.25, 0.3) is 0 Å². The Labute approximate surface area is 153 Å². The van der Waals surface area contributed by atoms with E-state index in [2.05, 4.69) is 5.32 Å². The van der Waals surface area contributed by atoms with Crippen molar-refractivity contribution < 1.29 is 14.6 Å². The van der Waals surface area contributed by atoms with Gasteiger partial charge in [0.1, 0.15) is 11.5 Å². The number of benzene rings is 2. The Bertz CT molecular complexity index is 681. The van der Waals surface area contributed by atoms with Crippen LogP contribution in [0.4, 0.5) is 0 Å². The average Bonchev–Trinajstić information content (AvgIpc) is 2.57. The summed E-state index contributed by atoms with van der Waals surface area (Å²) >= 11 is 5.85. The number of carbonyl (C=O) groups excluding carboxylic acids is 1. The maximum Gasteiger partial charge on any atom is 0.219 e. The van der Waals surface area contributed by atoms with E-state index in [-0.39, 0.29) is 5.91 Å². The molecule has 2 aromatic rings. The molecule has 0 aliphatic rings. The number of halogens is 1. The zero-order valence-corrected chi connectivity index (χ0v) is 15.3. The third kappa shape index (κ3) is 6.07. The topological polar surface area (TPSA) is 58.6 Å². The normalized spacial score (nSPS) is 13.1. The van der Waals surface area contributed by atoms with Crippen molar-refractivity contribution in [1.29, 1.82) is 0 Å². The summed E-state index contributed by atoms with van der Waals surface area (Å²) in [6, 6.07) is 14.4. The summed E-state index contributed by atoms with van der Waals surface area (Å²) in [6.45, 7) is 4.15. The van der Waals surface area contributed by atoms with Gasteiger partial charge in [-0.2, -0.15) is 0 Å². The molecule has 0 spiro atoms. The number of rotatable bonds is 8. The third-order valence-corrected chi connectivity index (χ3v) is 4.19. The van der Waals surface area contributed by atoms with E-state index >= 15 is 0 Å². The highest BCUT2D eigenvalue weighted by Crippen LogP contribution is 2.28. The molecule has 0 saturated heterocycles. The minimum Gasteiger partial charge on any atom is -0.457 e. The van der Waals surface area contributed by atoms with Gasteiger partial charge < -0.3 is 15.2 Å². The lowest BCUT2D eigenvalue weighted by Crippen LogP contribution is -2.31. The van der Waals surface area contributed by atoms with E-state index in [9.17, 15) is 9.90 Å². The van der Waals surface area contributed by atoms with Crippen LogP contribution in [0.5, 0.6) is 11.5 Å². The van der Waals surface area contributed by atoms with E-state index in [1.54, 1.807) is 31.2 Å². The van der Waals surface area contributed by atoms with Crippen LogP contribution in [0.15, 0.2) is 48.5 Å². The van der Waals surface area contributed by atoms with Crippen LogP contribution in [0, 0.1) is 0 Å². The largest absolute Gasteiger partial charge is 0.457 e. The zero-order chi connectivity index (χ0) is 18.3. The van der Waals surface area contributed by atoms with Crippen LogP contribution in [0.2, 0.25) is 5.02 Å². The number of hydrogen-bond acceptors (Lipinski definition) is 3. The lowest BCUT2D eigenvalue weighted by atomic mass is 9.92. The molecule has 25 heavy (non-hydrogen) atoms. The number of carbonyl (C=O) groups is 1. The lowest BCUT2D eigenvalue weighted by Gasteiger charge is -2.24. The molecule has 0 radical (unpaired) electrons. The molecule has 0 saturated carbocycles. The maximum absolute atomic E-state index is 11.5. The Morgan fingerprint density at radius 2 is 1.68 bits per heavy atom. The predicted molar refractivity (Wildman–Crippen MR) is 100 cm³/mol. The van der Waals surface area contributed by atoms with E-state index in [1.165, 1.54) is 0 Å². The summed E-state index contributed by atoms with van der Waals surface area (Å²) in [4.78, 5) is 11.5. The van der Waals surface area contributed by atoms with E-state index in [1.807, 2.05) is 31.2 Å². The molecule has 0 bridgehead atoms. The Morgan fingerprint density at radius 1 is 1.12 bits per heavy atom. The van der Waals surface area contributed by atoms with Crippen LogP contribution in [0.1, 0.15) is 38.7 Å². The summed E-state index contributed by atoms with van der Waals surface area (Å²) in [5.74, 6) is 1.39. The van der Waals surface area contributed by atoms with Crippen LogP contribution < -0.4 is 10.1 Å². The van der Waals surface area contributed by atoms with Crippen LogP contribution in [-0.4, -0.2) is 17.6 Å². The van der Waals surface area contributed by atoms with Gasteiger partial charge in [0.15, 0.2) is 0 Å². The highest BCUT2D eigenvalue weighted by molar-refractivity contribution is 6.30. The third-order valence-electron chi connectivity index (χ3n) is 3.94. The van der Waals surface area contributed by atoms with Crippen molar-refractivity contribution in [3.05, 3.63) is 59.1 Å². The van der Waals surface area contributed by atoms with Gasteiger partial charge in [-0.1, -0.05) is 30.7 Å². The Kier molecular flexibility index (Phi) is 6.85. The summed E-state index contributed by atoms with van der Waals surface area (Å²) in [5, 5.41) is 14.1. The van der Waals surface area contributed by atoms with E-state index in [0.29, 0.717) is 35.9 Å². The SMILES string of the molecule is CCCC(=O)NCCC(C)(O)c1ccc(Oc2ccc(Cl)cc2)cc1. The minimum absolute atomic E-state index is 0.0185. The van der Waals surface area contributed by atoms with Gasteiger partial charge in [-0.05, 0) is 61.7 Å². The van der Waals surface area contributed by atoms with Crippen molar-refractivity contribution in [1.82, 2.24) is 5.32 Å². The lowest BCUT2D eigenvalue weighted by molar-refractivity contribution is -0.121.